The van der Waals surface area contributed by atoms with Crippen molar-refractivity contribution in [3.8, 4) is 6.07 Å². The molecular weight excluding hydrogens is 206 g/mol. The molecule has 0 fully saturated rings. The number of rotatable bonds is 2. The fraction of sp³-hybridized carbons (Fsp3) is 0.364. The van der Waals surface area contributed by atoms with Crippen molar-refractivity contribution in [2.45, 2.75) is 6.92 Å². The van der Waals surface area contributed by atoms with Crippen LogP contribution in [0.25, 0.3) is 0 Å². The van der Waals surface area contributed by atoms with E-state index >= 15 is 0 Å². The first kappa shape index (κ1) is 12.0. The molecule has 16 heavy (non-hydrogen) atoms. The number of esters is 1. The van der Waals surface area contributed by atoms with Crippen molar-refractivity contribution < 1.29 is 14.5 Å². The van der Waals surface area contributed by atoms with Gasteiger partial charge >= 0.3 is 5.97 Å². The lowest BCUT2D eigenvalue weighted by molar-refractivity contribution is -0.373. The number of aromatic amines is 1. The Bertz CT molecular complexity index is 461. The van der Waals surface area contributed by atoms with Crippen molar-refractivity contribution in [2.75, 3.05) is 26.1 Å². The number of hydrogen-bond acceptors (Lipinski definition) is 4. The summed E-state index contributed by atoms with van der Waals surface area (Å²) in [6.07, 6.45) is 0. The molecule has 0 aliphatic carbocycles. The van der Waals surface area contributed by atoms with Gasteiger partial charge in [-0.25, -0.2) is 9.78 Å². The van der Waals surface area contributed by atoms with E-state index in [1.165, 1.54) is 13.2 Å². The van der Waals surface area contributed by atoms with E-state index in [4.69, 9.17) is 5.26 Å². The number of methoxy groups -OCH3 is 1. The monoisotopic (exact) mass is 220 g/mol. The lowest BCUT2D eigenvalue weighted by Gasteiger charge is -2.08. The number of nitrogens with one attached hydrogen (secondary N) is 1. The van der Waals surface area contributed by atoms with Crippen molar-refractivity contribution in [1.82, 2.24) is 0 Å². The molecule has 0 saturated heterocycles. The van der Waals surface area contributed by atoms with E-state index in [1.807, 2.05) is 20.2 Å². The highest BCUT2D eigenvalue weighted by Crippen LogP contribution is 2.15. The van der Waals surface area contributed by atoms with E-state index < -0.39 is 5.97 Å². The van der Waals surface area contributed by atoms with Crippen LogP contribution in [0.5, 0.6) is 0 Å². The molecule has 0 amide bonds. The quantitative estimate of drug-likeness (QED) is 0.682. The molecule has 0 unspecified atom stereocenters. The molecule has 1 aromatic heterocycles. The Morgan fingerprint density at radius 2 is 2.19 bits per heavy atom. The zero-order chi connectivity index (χ0) is 12.3. The van der Waals surface area contributed by atoms with Gasteiger partial charge in [0.25, 0.3) is 5.82 Å². The topological polar surface area (TPSA) is 67.5 Å². The number of pyridine rings is 1. The van der Waals surface area contributed by atoms with E-state index in [1.54, 1.807) is 11.8 Å². The fourth-order valence-electron chi connectivity index (χ4n) is 1.39. The molecule has 1 rings (SSSR count). The second-order valence-corrected chi connectivity index (χ2v) is 3.57. The number of nitrogens with zero attached hydrogens (tertiary/aromatic N) is 2. The maximum absolute atomic E-state index is 11.4. The minimum atomic E-state index is -0.449. The molecule has 0 atom stereocenters. The predicted molar refractivity (Wildman–Crippen MR) is 58.1 cm³/mol. The molecule has 0 radical (unpaired) electrons. The largest absolute Gasteiger partial charge is 0.465 e. The molecule has 5 nitrogen and oxygen atoms in total. The lowest BCUT2D eigenvalue weighted by atomic mass is 10.1. The third-order valence-corrected chi connectivity index (χ3v) is 2.23. The van der Waals surface area contributed by atoms with Gasteiger partial charge in [-0.3, -0.25) is 4.90 Å². The van der Waals surface area contributed by atoms with Crippen molar-refractivity contribution >= 4 is 11.8 Å². The van der Waals surface area contributed by atoms with Crippen molar-refractivity contribution in [2.24, 2.45) is 0 Å². The second kappa shape index (κ2) is 4.62. The number of H-pyrrole nitrogens is 1. The Morgan fingerprint density at radius 3 is 2.62 bits per heavy atom. The average molecular weight is 220 g/mol. The number of aryl methyl sites for hydroxylation is 1. The van der Waals surface area contributed by atoms with Gasteiger partial charge in [-0.15, -0.1) is 0 Å². The van der Waals surface area contributed by atoms with Crippen LogP contribution in [0.4, 0.5) is 5.82 Å². The summed E-state index contributed by atoms with van der Waals surface area (Å²) in [4.78, 5) is 16.2. The van der Waals surface area contributed by atoms with Crippen molar-refractivity contribution in [1.29, 1.82) is 5.26 Å². The molecule has 0 bridgehead atoms. The van der Waals surface area contributed by atoms with E-state index in [0.717, 1.165) is 0 Å². The SMILES string of the molecule is COC(=O)c1cc(C#N)c(N(C)C)[nH+]c1C. The molecule has 0 aliphatic rings. The van der Waals surface area contributed by atoms with Gasteiger partial charge in [-0.2, -0.15) is 5.26 Å². The smallest absolute Gasteiger partial charge is 0.341 e. The van der Waals surface area contributed by atoms with E-state index in [-0.39, 0.29) is 0 Å². The van der Waals surface area contributed by atoms with Crippen LogP contribution < -0.4 is 9.88 Å². The van der Waals surface area contributed by atoms with Gasteiger partial charge in [0, 0.05) is 0 Å². The Balaban J connectivity index is 3.38. The first-order chi connectivity index (χ1) is 7.51. The molecule has 0 aliphatic heterocycles. The molecular formula is C11H14N3O2+. The van der Waals surface area contributed by atoms with Gasteiger partial charge in [-0.1, -0.05) is 0 Å². The van der Waals surface area contributed by atoms with Crippen LogP contribution in [0.2, 0.25) is 0 Å². The van der Waals surface area contributed by atoms with Crippen LogP contribution in [-0.2, 0) is 4.74 Å². The Morgan fingerprint density at radius 1 is 1.56 bits per heavy atom. The summed E-state index contributed by atoms with van der Waals surface area (Å²) in [5.41, 5.74) is 1.47. The standard InChI is InChI=1S/C11H13N3O2/c1-7-9(11(15)16-4)5-8(6-12)10(13-7)14(2)3/h5H,1-4H3/p+1. The third-order valence-electron chi connectivity index (χ3n) is 2.23. The van der Waals surface area contributed by atoms with Crippen LogP contribution in [0.1, 0.15) is 21.6 Å². The average Bonchev–Trinajstić information content (AvgIpc) is 2.27. The number of hydrogen-bond donors (Lipinski definition) is 0. The van der Waals surface area contributed by atoms with Gasteiger partial charge in [0.15, 0.2) is 0 Å². The Kier molecular flexibility index (Phi) is 3.46. The summed E-state index contributed by atoms with van der Waals surface area (Å²) in [5, 5.41) is 8.99. The first-order valence-electron chi connectivity index (χ1n) is 4.74. The first-order valence-corrected chi connectivity index (χ1v) is 4.74. The van der Waals surface area contributed by atoms with E-state index in [9.17, 15) is 4.79 Å². The normalized spacial score (nSPS) is 9.44. The van der Waals surface area contributed by atoms with Crippen molar-refractivity contribution in [3.05, 3.63) is 22.9 Å². The number of ether oxygens (including phenoxy) is 1. The molecule has 1 N–H and O–H groups in total. The minimum Gasteiger partial charge on any atom is -0.465 e. The van der Waals surface area contributed by atoms with Crippen LogP contribution >= 0.6 is 0 Å². The molecule has 0 saturated carbocycles. The lowest BCUT2D eigenvalue weighted by Crippen LogP contribution is -2.26. The summed E-state index contributed by atoms with van der Waals surface area (Å²) in [6, 6.07) is 3.58. The Hall–Kier alpha value is -2.09. The second-order valence-electron chi connectivity index (χ2n) is 3.57. The van der Waals surface area contributed by atoms with Crippen LogP contribution in [0.3, 0.4) is 0 Å². The zero-order valence-corrected chi connectivity index (χ0v) is 9.79. The van der Waals surface area contributed by atoms with Crippen molar-refractivity contribution in [3.63, 3.8) is 0 Å². The van der Waals surface area contributed by atoms with Crippen LogP contribution in [-0.4, -0.2) is 27.2 Å². The molecule has 0 spiro atoms. The molecule has 1 aromatic rings. The molecule has 1 heterocycles. The highest BCUT2D eigenvalue weighted by molar-refractivity contribution is 5.90. The van der Waals surface area contributed by atoms with Crippen LogP contribution in [0, 0.1) is 18.3 Å². The highest BCUT2D eigenvalue weighted by atomic mass is 16.5. The number of aromatic nitrogens is 1. The maximum atomic E-state index is 11.4. The highest BCUT2D eigenvalue weighted by Gasteiger charge is 2.20. The number of nitriles is 1. The Labute approximate surface area is 94.3 Å². The van der Waals surface area contributed by atoms with Crippen LogP contribution in [0.15, 0.2) is 6.07 Å². The number of carbonyl (C=O) groups is 1. The van der Waals surface area contributed by atoms with Gasteiger partial charge < -0.3 is 4.74 Å². The maximum Gasteiger partial charge on any atom is 0.341 e. The fourth-order valence-corrected chi connectivity index (χ4v) is 1.39. The van der Waals surface area contributed by atoms with Gasteiger partial charge in [0.2, 0.25) is 0 Å². The summed E-state index contributed by atoms with van der Waals surface area (Å²) < 4.78 is 4.63. The summed E-state index contributed by atoms with van der Waals surface area (Å²) in [6.45, 7) is 1.76. The molecule has 0 aromatic carbocycles. The van der Waals surface area contributed by atoms with Gasteiger partial charge in [0.05, 0.1) is 21.2 Å². The minimum absolute atomic E-state index is 0.379. The van der Waals surface area contributed by atoms with Gasteiger partial charge in [-0.05, 0) is 13.0 Å². The number of anilines is 1. The number of carbonyl (C=O) groups excluding carboxylic acids is 1. The van der Waals surface area contributed by atoms with E-state index in [0.29, 0.717) is 22.6 Å². The summed E-state index contributed by atoms with van der Waals surface area (Å²) in [5.74, 6) is 0.225. The van der Waals surface area contributed by atoms with E-state index in [2.05, 4.69) is 9.72 Å². The summed E-state index contributed by atoms with van der Waals surface area (Å²) in [7, 11) is 4.96. The van der Waals surface area contributed by atoms with Gasteiger partial charge in [0.1, 0.15) is 22.9 Å². The zero-order valence-electron chi connectivity index (χ0n) is 9.79. The molecule has 5 heteroatoms. The predicted octanol–water partition coefficient (Wildman–Crippen LogP) is 0.533. The summed E-state index contributed by atoms with van der Waals surface area (Å²) >= 11 is 0. The molecule has 84 valence electrons. The third kappa shape index (κ3) is 2.11.